The average molecular weight is 170 g/mol. The molecular weight excluding hydrogens is 163 g/mol. The molecule has 2 aromatic rings. The normalized spacial score (nSPS) is 9.33. The molecule has 0 unspecified atom stereocenters. The van der Waals surface area contributed by atoms with Gasteiger partial charge in [0.05, 0.1) is 5.52 Å². The van der Waals surface area contributed by atoms with Crippen LogP contribution in [0.2, 0.25) is 0 Å². The van der Waals surface area contributed by atoms with Gasteiger partial charge < -0.3 is 4.98 Å². The maximum absolute atomic E-state index is 10.7. The minimum atomic E-state index is -0.302. The van der Waals surface area contributed by atoms with Crippen molar-refractivity contribution in [3.8, 4) is 0 Å². The predicted molar refractivity (Wildman–Crippen MR) is 49.5 cm³/mol. The van der Waals surface area contributed by atoms with Crippen LogP contribution in [0.3, 0.4) is 0 Å². The van der Waals surface area contributed by atoms with E-state index in [0.717, 1.165) is 10.9 Å². The average Bonchev–Trinajstić information content (AvgIpc) is 2.04. The first-order valence-electron chi connectivity index (χ1n) is 3.30. The first-order chi connectivity index (χ1) is 5.36. The summed E-state index contributed by atoms with van der Waals surface area (Å²) in [5.74, 6) is 0. The van der Waals surface area contributed by atoms with E-state index in [1.807, 2.05) is 24.3 Å². The van der Waals surface area contributed by atoms with Gasteiger partial charge >= 0.3 is 35.2 Å². The van der Waals surface area contributed by atoms with Gasteiger partial charge in [-0.1, -0.05) is 18.2 Å². The van der Waals surface area contributed by atoms with Crippen molar-refractivity contribution in [2.45, 2.75) is 0 Å². The Labute approximate surface area is 91.1 Å². The van der Waals surface area contributed by atoms with E-state index < -0.39 is 0 Å². The van der Waals surface area contributed by atoms with E-state index >= 15 is 0 Å². The molecule has 0 bridgehead atoms. The molecule has 0 aliphatic rings. The number of hydrogen-bond acceptors (Lipinski definition) is 2. The van der Waals surface area contributed by atoms with Gasteiger partial charge in [0.25, 0.3) is 0 Å². The molecule has 0 aliphatic carbocycles. The second kappa shape index (κ2) is 3.85. The molecule has 1 aromatic carbocycles. The molecule has 0 amide bonds. The van der Waals surface area contributed by atoms with Gasteiger partial charge in [0.2, 0.25) is 0 Å². The third-order valence-electron chi connectivity index (χ3n) is 1.52. The summed E-state index contributed by atoms with van der Waals surface area (Å²) in [6.07, 6.45) is 1.56. The summed E-state index contributed by atoms with van der Waals surface area (Å²) in [6, 6.07) is 7.53. The van der Waals surface area contributed by atoms with Gasteiger partial charge in [-0.2, -0.15) is 0 Å². The summed E-state index contributed by atoms with van der Waals surface area (Å²) >= 11 is 0. The monoisotopic (exact) mass is 170 g/mol. The van der Waals surface area contributed by atoms with Gasteiger partial charge in [-0.25, -0.2) is 9.78 Å². The minimum absolute atomic E-state index is 0. The van der Waals surface area contributed by atoms with Gasteiger partial charge in [-0.3, -0.25) is 0 Å². The molecule has 1 heterocycles. The Morgan fingerprint density at radius 1 is 1.25 bits per heavy atom. The quantitative estimate of drug-likeness (QED) is 0.577. The van der Waals surface area contributed by atoms with E-state index in [0.29, 0.717) is 0 Å². The Bertz CT molecular complexity index is 438. The molecule has 0 saturated heterocycles. The summed E-state index contributed by atoms with van der Waals surface area (Å²) in [6.45, 7) is 0. The second-order valence-electron chi connectivity index (χ2n) is 2.28. The number of H-pyrrole nitrogens is 1. The summed E-state index contributed by atoms with van der Waals surface area (Å²) < 4.78 is 0. The van der Waals surface area contributed by atoms with Crippen LogP contribution in [-0.4, -0.2) is 39.5 Å². The van der Waals surface area contributed by atoms with Crippen LogP contribution in [0.15, 0.2) is 35.3 Å². The topological polar surface area (TPSA) is 45.8 Å². The van der Waals surface area contributed by atoms with Gasteiger partial charge in [0.15, 0.2) is 0 Å². The molecule has 56 valence electrons. The van der Waals surface area contributed by atoms with Crippen molar-refractivity contribution in [3.05, 3.63) is 40.9 Å². The van der Waals surface area contributed by atoms with Crippen LogP contribution < -0.4 is 5.69 Å². The standard InChI is InChI=1S/C8H6N2O.Na.H/c11-8-9-5-6-3-1-2-4-7(6)10-8;;/h1-5H,(H,9,10,11);;. The van der Waals surface area contributed by atoms with E-state index in [1.165, 1.54) is 0 Å². The SMILES string of the molecule is O=c1ncc2ccccc2[nH]1.[NaH]. The Kier molecular flexibility index (Phi) is 3.03. The number of aromatic amines is 1. The molecule has 0 aliphatic heterocycles. The Hall–Kier alpha value is -0.640. The van der Waals surface area contributed by atoms with Gasteiger partial charge in [-0.15, -0.1) is 0 Å². The zero-order valence-corrected chi connectivity index (χ0v) is 5.74. The van der Waals surface area contributed by atoms with Gasteiger partial charge in [0.1, 0.15) is 0 Å². The summed E-state index contributed by atoms with van der Waals surface area (Å²) in [5.41, 5.74) is 0.524. The Morgan fingerprint density at radius 3 is 2.83 bits per heavy atom. The van der Waals surface area contributed by atoms with Gasteiger partial charge in [-0.05, 0) is 6.07 Å². The summed E-state index contributed by atoms with van der Waals surface area (Å²) in [7, 11) is 0. The van der Waals surface area contributed by atoms with Crippen LogP contribution in [0.4, 0.5) is 0 Å². The number of fused-ring (bicyclic) bond motifs is 1. The van der Waals surface area contributed by atoms with Crippen LogP contribution >= 0.6 is 0 Å². The molecule has 3 nitrogen and oxygen atoms in total. The summed E-state index contributed by atoms with van der Waals surface area (Å²) in [5, 5.41) is 0.951. The Morgan fingerprint density at radius 2 is 2.00 bits per heavy atom. The Balaban J connectivity index is 0.000000720. The van der Waals surface area contributed by atoms with Crippen LogP contribution in [0.1, 0.15) is 0 Å². The number of nitrogens with zero attached hydrogens (tertiary/aromatic N) is 1. The van der Waals surface area contributed by atoms with Crippen molar-refractivity contribution in [2.24, 2.45) is 0 Å². The molecule has 4 heteroatoms. The third kappa shape index (κ3) is 1.75. The van der Waals surface area contributed by atoms with E-state index in [2.05, 4.69) is 9.97 Å². The number of hydrogen-bond donors (Lipinski definition) is 1. The van der Waals surface area contributed by atoms with Crippen molar-refractivity contribution < 1.29 is 0 Å². The predicted octanol–water partition coefficient (Wildman–Crippen LogP) is 0.275. The van der Waals surface area contributed by atoms with Crippen LogP contribution in [0.25, 0.3) is 10.9 Å². The van der Waals surface area contributed by atoms with E-state index in [9.17, 15) is 4.79 Å². The fourth-order valence-corrected chi connectivity index (χ4v) is 0.999. The molecule has 0 spiro atoms. The molecule has 2 rings (SSSR count). The van der Waals surface area contributed by atoms with Crippen molar-refractivity contribution in [3.63, 3.8) is 0 Å². The van der Waals surface area contributed by atoms with E-state index in [1.54, 1.807) is 6.20 Å². The molecular formula is C8H7N2NaO. The van der Waals surface area contributed by atoms with E-state index in [4.69, 9.17) is 0 Å². The number of aromatic nitrogens is 2. The number of para-hydroxylation sites is 1. The second-order valence-corrected chi connectivity index (χ2v) is 2.28. The zero-order chi connectivity index (χ0) is 7.68. The number of benzene rings is 1. The first kappa shape index (κ1) is 9.45. The molecule has 0 saturated carbocycles. The fourth-order valence-electron chi connectivity index (χ4n) is 0.999. The fraction of sp³-hybridized carbons (Fsp3) is 0. The molecule has 1 aromatic heterocycles. The van der Waals surface area contributed by atoms with Crippen molar-refractivity contribution in [2.75, 3.05) is 0 Å². The molecule has 1 N–H and O–H groups in total. The molecule has 0 fully saturated rings. The zero-order valence-electron chi connectivity index (χ0n) is 5.74. The maximum atomic E-state index is 10.7. The van der Waals surface area contributed by atoms with Crippen molar-refractivity contribution >= 4 is 40.5 Å². The van der Waals surface area contributed by atoms with Crippen molar-refractivity contribution in [1.82, 2.24) is 9.97 Å². The van der Waals surface area contributed by atoms with Crippen LogP contribution in [0.5, 0.6) is 0 Å². The van der Waals surface area contributed by atoms with Gasteiger partial charge in [0, 0.05) is 11.6 Å². The number of rotatable bonds is 0. The molecule has 0 radical (unpaired) electrons. The van der Waals surface area contributed by atoms with Crippen LogP contribution in [-0.2, 0) is 0 Å². The number of nitrogens with one attached hydrogen (secondary N) is 1. The van der Waals surface area contributed by atoms with Crippen LogP contribution in [0, 0.1) is 0 Å². The third-order valence-corrected chi connectivity index (χ3v) is 1.52. The summed E-state index contributed by atoms with van der Waals surface area (Å²) in [4.78, 5) is 16.9. The van der Waals surface area contributed by atoms with Crippen molar-refractivity contribution in [1.29, 1.82) is 0 Å². The van der Waals surface area contributed by atoms with E-state index in [-0.39, 0.29) is 35.2 Å². The molecule has 0 atom stereocenters. The molecule has 12 heavy (non-hydrogen) atoms. The first-order valence-corrected chi connectivity index (χ1v) is 3.30.